The number of fused-ring (bicyclic) bond motifs is 1. The van der Waals surface area contributed by atoms with E-state index in [0.717, 1.165) is 6.42 Å². The van der Waals surface area contributed by atoms with Crippen molar-refractivity contribution in [3.63, 3.8) is 0 Å². The van der Waals surface area contributed by atoms with Crippen LogP contribution in [0.2, 0.25) is 0 Å². The van der Waals surface area contributed by atoms with Gasteiger partial charge in [0.15, 0.2) is 0 Å². The number of carbonyl (C=O) groups is 4. The molecule has 8 atom stereocenters. The zero-order valence-corrected chi connectivity index (χ0v) is 22.3. The summed E-state index contributed by atoms with van der Waals surface area (Å²) in [6.45, 7) is 6.69. The number of carboxylic acids is 1. The Kier molecular flexibility index (Phi) is 7.17. The Morgan fingerprint density at radius 2 is 2.08 bits per heavy atom. The molecule has 4 aliphatic heterocycles. The Bertz CT molecular complexity index is 1160. The van der Waals surface area contributed by atoms with Crippen LogP contribution in [0.5, 0.6) is 0 Å². The maximum absolute atomic E-state index is 13.1. The SMILES string of the molecule is C[C@@H]1C[C@H](N)CN1C(=O)[C@@H]1C[C@H](SC2=C(C(=O)O)N3C(=O)[C@H]([C@@H](C)NC(=O)Cn4cnnn4)[C@H]3[C@H]2C)CN1. The van der Waals surface area contributed by atoms with Crippen LogP contribution in [0.15, 0.2) is 16.9 Å². The molecule has 5 N–H and O–H groups in total. The molecule has 1 aromatic rings. The molecule has 3 fully saturated rings. The molecule has 3 saturated heterocycles. The van der Waals surface area contributed by atoms with Gasteiger partial charge in [-0.3, -0.25) is 14.4 Å². The Morgan fingerprint density at radius 1 is 1.32 bits per heavy atom. The van der Waals surface area contributed by atoms with Crippen LogP contribution in [-0.4, -0.2) is 107 Å². The van der Waals surface area contributed by atoms with E-state index in [1.54, 1.807) is 6.92 Å². The minimum absolute atomic E-state index is 0.00915. The number of carboxylic acid groups (broad SMARTS) is 1. The van der Waals surface area contributed by atoms with Gasteiger partial charge in [-0.2, -0.15) is 0 Å². The van der Waals surface area contributed by atoms with E-state index in [9.17, 15) is 24.3 Å². The van der Waals surface area contributed by atoms with Crippen molar-refractivity contribution in [1.82, 2.24) is 40.6 Å². The highest BCUT2D eigenvalue weighted by molar-refractivity contribution is 8.03. The normalized spacial score (nSPS) is 33.4. The van der Waals surface area contributed by atoms with E-state index < -0.39 is 17.9 Å². The molecule has 206 valence electrons. The summed E-state index contributed by atoms with van der Waals surface area (Å²) in [6.07, 6.45) is 2.67. The van der Waals surface area contributed by atoms with Gasteiger partial charge in [0.2, 0.25) is 17.7 Å². The molecule has 38 heavy (non-hydrogen) atoms. The molecule has 14 nitrogen and oxygen atoms in total. The van der Waals surface area contributed by atoms with E-state index in [4.69, 9.17) is 5.73 Å². The summed E-state index contributed by atoms with van der Waals surface area (Å²) in [4.78, 5) is 54.7. The highest BCUT2D eigenvalue weighted by Gasteiger charge is 2.60. The standard InChI is InChI=1S/C23H33N9O5S/c1-10-4-13(24)7-31(10)21(34)15-5-14(6-25-15)38-20-11(2)18-17(22(35)32(18)19(20)23(36)37)12(3)27-16(33)8-30-9-26-28-29-30/h9-15,17-18,25H,4-8,24H2,1-3H3,(H,27,33)(H,36,37)/t10-,11-,12-,13+,14+,15+,17-,18-/m1/s1. The molecule has 5 heterocycles. The Balaban J connectivity index is 1.24. The third kappa shape index (κ3) is 4.66. The summed E-state index contributed by atoms with van der Waals surface area (Å²) in [7, 11) is 0. The number of hydrogen-bond acceptors (Lipinski definition) is 10. The second-order valence-electron chi connectivity index (χ2n) is 10.7. The topological polar surface area (TPSA) is 189 Å². The van der Waals surface area contributed by atoms with Crippen LogP contribution >= 0.6 is 11.8 Å². The molecule has 0 radical (unpaired) electrons. The minimum Gasteiger partial charge on any atom is -0.477 e. The lowest BCUT2D eigenvalue weighted by Crippen LogP contribution is -2.66. The molecule has 0 saturated carbocycles. The van der Waals surface area contributed by atoms with Gasteiger partial charge >= 0.3 is 5.97 Å². The number of hydrogen-bond donors (Lipinski definition) is 4. The number of likely N-dealkylation sites (tertiary alicyclic amines) is 1. The number of nitrogens with two attached hydrogens (primary N) is 1. The smallest absolute Gasteiger partial charge is 0.353 e. The van der Waals surface area contributed by atoms with E-state index in [2.05, 4.69) is 26.2 Å². The molecule has 1 aromatic heterocycles. The monoisotopic (exact) mass is 547 g/mol. The fourth-order valence-electron chi connectivity index (χ4n) is 6.23. The molecule has 0 bridgehead atoms. The fraction of sp³-hybridized carbons (Fsp3) is 0.696. The third-order valence-electron chi connectivity index (χ3n) is 7.99. The molecular weight excluding hydrogens is 514 g/mol. The van der Waals surface area contributed by atoms with Crippen LogP contribution in [0.4, 0.5) is 0 Å². The number of rotatable bonds is 8. The van der Waals surface area contributed by atoms with Gasteiger partial charge in [-0.15, -0.1) is 16.9 Å². The van der Waals surface area contributed by atoms with Gasteiger partial charge in [0.25, 0.3) is 0 Å². The van der Waals surface area contributed by atoms with E-state index >= 15 is 0 Å². The van der Waals surface area contributed by atoms with Crippen molar-refractivity contribution in [3.8, 4) is 0 Å². The maximum atomic E-state index is 13.1. The van der Waals surface area contributed by atoms with Gasteiger partial charge < -0.3 is 31.3 Å². The van der Waals surface area contributed by atoms with Crippen molar-refractivity contribution in [1.29, 1.82) is 0 Å². The number of carbonyl (C=O) groups excluding carboxylic acids is 3. The van der Waals surface area contributed by atoms with Crippen molar-refractivity contribution in [2.45, 2.75) is 75.6 Å². The summed E-state index contributed by atoms with van der Waals surface area (Å²) in [5.41, 5.74) is 6.04. The number of amides is 3. The number of β-lactam (4-membered cyclic amide) rings is 1. The summed E-state index contributed by atoms with van der Waals surface area (Å²) < 4.78 is 1.28. The first-order chi connectivity index (χ1) is 18.1. The zero-order valence-electron chi connectivity index (χ0n) is 21.5. The first-order valence-electron chi connectivity index (χ1n) is 12.8. The largest absolute Gasteiger partial charge is 0.477 e. The number of nitrogens with one attached hydrogen (secondary N) is 2. The van der Waals surface area contributed by atoms with Gasteiger partial charge in [0, 0.05) is 47.3 Å². The third-order valence-corrected chi connectivity index (χ3v) is 9.50. The lowest BCUT2D eigenvalue weighted by atomic mass is 9.78. The van der Waals surface area contributed by atoms with Gasteiger partial charge in [-0.05, 0) is 37.1 Å². The van der Waals surface area contributed by atoms with Crippen molar-refractivity contribution in [2.24, 2.45) is 17.6 Å². The number of tetrazole rings is 1. The summed E-state index contributed by atoms with van der Waals surface area (Å²) in [6, 6.07) is -1.11. The number of nitrogens with zero attached hydrogens (tertiary/aromatic N) is 6. The van der Waals surface area contributed by atoms with E-state index in [1.807, 2.05) is 18.7 Å². The average Bonchev–Trinajstić information content (AvgIpc) is 3.62. The highest BCUT2D eigenvalue weighted by atomic mass is 32.2. The number of thioether (sulfide) groups is 1. The molecule has 0 spiro atoms. The predicted molar refractivity (Wildman–Crippen MR) is 135 cm³/mol. The zero-order chi connectivity index (χ0) is 27.3. The van der Waals surface area contributed by atoms with Gasteiger partial charge in [-0.1, -0.05) is 6.92 Å². The first-order valence-corrected chi connectivity index (χ1v) is 13.7. The van der Waals surface area contributed by atoms with Crippen LogP contribution in [0.1, 0.15) is 33.6 Å². The molecule has 0 unspecified atom stereocenters. The van der Waals surface area contributed by atoms with Crippen LogP contribution < -0.4 is 16.4 Å². The Labute approximate surface area is 223 Å². The molecule has 3 amide bonds. The molecule has 15 heteroatoms. The number of aliphatic carboxylic acids is 1. The summed E-state index contributed by atoms with van der Waals surface area (Å²) >= 11 is 1.44. The van der Waals surface area contributed by atoms with Crippen LogP contribution in [0.3, 0.4) is 0 Å². The van der Waals surface area contributed by atoms with Crippen LogP contribution in [0.25, 0.3) is 0 Å². The van der Waals surface area contributed by atoms with Crippen molar-refractivity contribution in [3.05, 3.63) is 16.9 Å². The molecular formula is C23H33N9O5S. The molecule has 5 rings (SSSR count). The summed E-state index contributed by atoms with van der Waals surface area (Å²) in [5.74, 6) is -2.55. The van der Waals surface area contributed by atoms with Crippen molar-refractivity contribution < 1.29 is 24.3 Å². The number of aromatic nitrogens is 4. The highest BCUT2D eigenvalue weighted by Crippen LogP contribution is 2.51. The second kappa shape index (κ2) is 10.3. The molecule has 0 aliphatic carbocycles. The quantitative estimate of drug-likeness (QED) is 0.273. The summed E-state index contributed by atoms with van der Waals surface area (Å²) in [5, 5.41) is 26.8. The lowest BCUT2D eigenvalue weighted by Gasteiger charge is -2.47. The average molecular weight is 548 g/mol. The molecule has 4 aliphatic rings. The fourth-order valence-corrected chi connectivity index (χ4v) is 7.71. The lowest BCUT2D eigenvalue weighted by molar-refractivity contribution is -0.158. The second-order valence-corrected chi connectivity index (χ2v) is 12.0. The van der Waals surface area contributed by atoms with Crippen LogP contribution in [0, 0.1) is 11.8 Å². The van der Waals surface area contributed by atoms with Gasteiger partial charge in [0.1, 0.15) is 18.6 Å². The maximum Gasteiger partial charge on any atom is 0.353 e. The van der Waals surface area contributed by atoms with E-state index in [0.29, 0.717) is 24.4 Å². The van der Waals surface area contributed by atoms with Gasteiger partial charge in [0.05, 0.1) is 18.0 Å². The van der Waals surface area contributed by atoms with Crippen LogP contribution in [-0.2, 0) is 25.7 Å². The first kappa shape index (κ1) is 26.6. The van der Waals surface area contributed by atoms with Gasteiger partial charge in [-0.25, -0.2) is 9.48 Å². The van der Waals surface area contributed by atoms with Crippen molar-refractivity contribution >= 4 is 35.5 Å². The van der Waals surface area contributed by atoms with Crippen molar-refractivity contribution in [2.75, 3.05) is 13.1 Å². The Morgan fingerprint density at radius 3 is 2.71 bits per heavy atom. The van der Waals surface area contributed by atoms with E-state index in [-0.39, 0.29) is 65.3 Å². The predicted octanol–water partition coefficient (Wildman–Crippen LogP) is -1.64. The Hall–Kier alpha value is -3.04. The molecule has 0 aromatic carbocycles. The minimum atomic E-state index is -1.15. The van der Waals surface area contributed by atoms with E-state index in [1.165, 1.54) is 27.7 Å².